The highest BCUT2D eigenvalue weighted by molar-refractivity contribution is 7.89. The highest BCUT2D eigenvalue weighted by Gasteiger charge is 2.22. The molecule has 0 amide bonds. The van der Waals surface area contributed by atoms with Gasteiger partial charge in [-0.05, 0) is 56.5 Å². The van der Waals surface area contributed by atoms with Crippen LogP contribution < -0.4 is 9.46 Å². The van der Waals surface area contributed by atoms with Gasteiger partial charge < -0.3 is 4.74 Å². The summed E-state index contributed by atoms with van der Waals surface area (Å²) in [6, 6.07) is 10.8. The minimum Gasteiger partial charge on any atom is -0.496 e. The molecule has 1 atom stereocenters. The van der Waals surface area contributed by atoms with Crippen molar-refractivity contribution in [3.05, 3.63) is 58.7 Å². The summed E-state index contributed by atoms with van der Waals surface area (Å²) in [5.41, 5.74) is 3.61. The Kier molecular flexibility index (Phi) is 5.12. The molecular formula is C18H23NO3S. The third-order valence-electron chi connectivity index (χ3n) is 4.11. The Morgan fingerprint density at radius 1 is 0.957 bits per heavy atom. The molecule has 0 aromatic heterocycles. The normalized spacial score (nSPS) is 12.9. The van der Waals surface area contributed by atoms with Gasteiger partial charge in [-0.3, -0.25) is 0 Å². The second-order valence-corrected chi connectivity index (χ2v) is 7.45. The van der Waals surface area contributed by atoms with Gasteiger partial charge in [0.2, 0.25) is 10.0 Å². The lowest BCUT2D eigenvalue weighted by molar-refractivity contribution is 0.410. The van der Waals surface area contributed by atoms with Crippen LogP contribution in [0, 0.1) is 20.8 Å². The van der Waals surface area contributed by atoms with Crippen molar-refractivity contribution >= 4 is 10.0 Å². The van der Waals surface area contributed by atoms with Crippen LogP contribution in [0.15, 0.2) is 41.3 Å². The predicted molar refractivity (Wildman–Crippen MR) is 92.4 cm³/mol. The Balaban J connectivity index is 2.32. The molecule has 0 bridgehead atoms. The number of hydrogen-bond donors (Lipinski definition) is 1. The minimum absolute atomic E-state index is 0.287. The zero-order valence-electron chi connectivity index (χ0n) is 14.2. The maximum atomic E-state index is 12.7. The summed E-state index contributed by atoms with van der Waals surface area (Å²) in [6.07, 6.45) is 0. The number of benzene rings is 2. The molecule has 0 aliphatic heterocycles. The molecule has 2 aromatic rings. The van der Waals surface area contributed by atoms with Crippen molar-refractivity contribution in [3.63, 3.8) is 0 Å². The first-order valence-corrected chi connectivity index (χ1v) is 8.97. The largest absolute Gasteiger partial charge is 0.496 e. The summed E-state index contributed by atoms with van der Waals surface area (Å²) in [6.45, 7) is 7.50. The van der Waals surface area contributed by atoms with E-state index in [9.17, 15) is 8.42 Å². The van der Waals surface area contributed by atoms with E-state index in [1.165, 1.54) is 0 Å². The molecule has 23 heavy (non-hydrogen) atoms. The lowest BCUT2D eigenvalue weighted by Crippen LogP contribution is -2.27. The van der Waals surface area contributed by atoms with Gasteiger partial charge in [0.15, 0.2) is 0 Å². The Bertz CT molecular complexity index is 796. The molecule has 0 aliphatic rings. The quantitative estimate of drug-likeness (QED) is 0.908. The number of ether oxygens (including phenoxy) is 1. The standard InChI is InChI=1S/C18H23NO3S/c1-12-6-8-16(9-7-12)15(4)19-23(20,21)18-11-10-17(22-5)13(2)14(18)3/h6-11,15,19H,1-5H3/t15-/m1/s1. The molecule has 1 N–H and O–H groups in total. The summed E-state index contributed by atoms with van der Waals surface area (Å²) in [7, 11) is -2.02. The first-order chi connectivity index (χ1) is 10.8. The lowest BCUT2D eigenvalue weighted by atomic mass is 10.1. The van der Waals surface area contributed by atoms with Gasteiger partial charge in [0.1, 0.15) is 5.75 Å². The zero-order valence-corrected chi connectivity index (χ0v) is 15.0. The van der Waals surface area contributed by atoms with Crippen LogP contribution in [0.2, 0.25) is 0 Å². The SMILES string of the molecule is COc1ccc(S(=O)(=O)N[C@H](C)c2ccc(C)cc2)c(C)c1C. The topological polar surface area (TPSA) is 55.4 Å². The maximum absolute atomic E-state index is 12.7. The molecule has 4 nitrogen and oxygen atoms in total. The van der Waals surface area contributed by atoms with Crippen molar-refractivity contribution in [1.29, 1.82) is 0 Å². The van der Waals surface area contributed by atoms with Gasteiger partial charge in [0.25, 0.3) is 0 Å². The molecule has 5 heteroatoms. The molecule has 0 radical (unpaired) electrons. The van der Waals surface area contributed by atoms with Gasteiger partial charge >= 0.3 is 0 Å². The number of aryl methyl sites for hydroxylation is 1. The van der Waals surface area contributed by atoms with Gasteiger partial charge in [-0.25, -0.2) is 13.1 Å². The number of hydrogen-bond acceptors (Lipinski definition) is 3. The number of methoxy groups -OCH3 is 1. The average Bonchev–Trinajstić information content (AvgIpc) is 2.49. The Labute approximate surface area is 138 Å². The summed E-state index contributed by atoms with van der Waals surface area (Å²) >= 11 is 0. The van der Waals surface area contributed by atoms with Gasteiger partial charge in [-0.1, -0.05) is 29.8 Å². The van der Waals surface area contributed by atoms with Crippen LogP contribution in [0.5, 0.6) is 5.75 Å². The molecule has 0 fully saturated rings. The van der Waals surface area contributed by atoms with Crippen LogP contribution in [0.25, 0.3) is 0 Å². The van der Waals surface area contributed by atoms with E-state index in [1.807, 2.05) is 45.0 Å². The third kappa shape index (κ3) is 3.74. The molecule has 0 aliphatic carbocycles. The van der Waals surface area contributed by atoms with Crippen molar-refractivity contribution in [1.82, 2.24) is 4.72 Å². The van der Waals surface area contributed by atoms with Crippen molar-refractivity contribution < 1.29 is 13.2 Å². The van der Waals surface area contributed by atoms with Gasteiger partial charge in [-0.15, -0.1) is 0 Å². The Morgan fingerprint density at radius 2 is 1.57 bits per heavy atom. The van der Waals surface area contributed by atoms with E-state index in [2.05, 4.69) is 4.72 Å². The van der Waals surface area contributed by atoms with Crippen LogP contribution in [0.1, 0.15) is 35.2 Å². The summed E-state index contributed by atoms with van der Waals surface area (Å²) < 4.78 is 33.4. The smallest absolute Gasteiger partial charge is 0.241 e. The van der Waals surface area contributed by atoms with Crippen molar-refractivity contribution in [2.24, 2.45) is 0 Å². The molecule has 124 valence electrons. The summed E-state index contributed by atoms with van der Waals surface area (Å²) in [4.78, 5) is 0.287. The van der Waals surface area contributed by atoms with E-state index in [4.69, 9.17) is 4.74 Å². The summed E-state index contributed by atoms with van der Waals surface area (Å²) in [5.74, 6) is 0.688. The third-order valence-corrected chi connectivity index (χ3v) is 5.79. The van der Waals surface area contributed by atoms with Crippen molar-refractivity contribution in [2.75, 3.05) is 7.11 Å². The van der Waals surface area contributed by atoms with Gasteiger partial charge in [-0.2, -0.15) is 0 Å². The predicted octanol–water partition coefficient (Wildman–Crippen LogP) is 3.66. The zero-order chi connectivity index (χ0) is 17.2. The fourth-order valence-electron chi connectivity index (χ4n) is 2.50. The number of nitrogens with one attached hydrogen (secondary N) is 1. The molecule has 0 saturated carbocycles. The molecular weight excluding hydrogens is 310 g/mol. The fourth-order valence-corrected chi connectivity index (χ4v) is 4.03. The molecule has 0 spiro atoms. The van der Waals surface area contributed by atoms with E-state index in [-0.39, 0.29) is 10.9 Å². The number of rotatable bonds is 5. The molecule has 2 rings (SSSR count). The minimum atomic E-state index is -3.60. The monoisotopic (exact) mass is 333 g/mol. The highest BCUT2D eigenvalue weighted by Crippen LogP contribution is 2.27. The molecule has 0 unspecified atom stereocenters. The maximum Gasteiger partial charge on any atom is 0.241 e. The molecule has 2 aromatic carbocycles. The Morgan fingerprint density at radius 3 is 2.13 bits per heavy atom. The van der Waals surface area contributed by atoms with E-state index < -0.39 is 10.0 Å². The average molecular weight is 333 g/mol. The van der Waals surface area contributed by atoms with E-state index >= 15 is 0 Å². The second kappa shape index (κ2) is 6.72. The fraction of sp³-hybridized carbons (Fsp3) is 0.333. The van der Waals surface area contributed by atoms with Crippen molar-refractivity contribution in [2.45, 2.75) is 38.6 Å². The van der Waals surface area contributed by atoms with Crippen LogP contribution >= 0.6 is 0 Å². The highest BCUT2D eigenvalue weighted by atomic mass is 32.2. The van der Waals surface area contributed by atoms with E-state index in [1.54, 1.807) is 26.2 Å². The molecule has 0 heterocycles. The lowest BCUT2D eigenvalue weighted by Gasteiger charge is -2.18. The van der Waals surface area contributed by atoms with Crippen LogP contribution in [0.3, 0.4) is 0 Å². The van der Waals surface area contributed by atoms with E-state index in [0.29, 0.717) is 11.3 Å². The second-order valence-electron chi connectivity index (χ2n) is 5.77. The molecule has 0 saturated heterocycles. The number of sulfonamides is 1. The Hall–Kier alpha value is -1.85. The van der Waals surface area contributed by atoms with Crippen molar-refractivity contribution in [3.8, 4) is 5.75 Å². The van der Waals surface area contributed by atoms with Crippen LogP contribution in [-0.4, -0.2) is 15.5 Å². The van der Waals surface area contributed by atoms with Gasteiger partial charge in [0.05, 0.1) is 12.0 Å². The first kappa shape index (κ1) is 17.5. The summed E-state index contributed by atoms with van der Waals surface area (Å²) in [5, 5.41) is 0. The van der Waals surface area contributed by atoms with E-state index in [0.717, 1.165) is 16.7 Å². The van der Waals surface area contributed by atoms with Crippen LogP contribution in [-0.2, 0) is 10.0 Å². The first-order valence-electron chi connectivity index (χ1n) is 7.49. The van der Waals surface area contributed by atoms with Crippen LogP contribution in [0.4, 0.5) is 0 Å². The van der Waals surface area contributed by atoms with Gasteiger partial charge in [0, 0.05) is 6.04 Å².